The van der Waals surface area contributed by atoms with Gasteiger partial charge in [0.1, 0.15) is 0 Å². The van der Waals surface area contributed by atoms with Gasteiger partial charge in [-0.2, -0.15) is 0 Å². The maximum absolute atomic E-state index is 11.9. The second kappa shape index (κ2) is 9.33. The summed E-state index contributed by atoms with van der Waals surface area (Å²) in [6, 6.07) is 8.20. The van der Waals surface area contributed by atoms with Crippen LogP contribution in [0.25, 0.3) is 6.08 Å². The van der Waals surface area contributed by atoms with Crippen molar-refractivity contribution in [3.63, 3.8) is 0 Å². The second-order valence-corrected chi connectivity index (χ2v) is 5.65. The van der Waals surface area contributed by atoms with Gasteiger partial charge in [-0.05, 0) is 36.6 Å². The summed E-state index contributed by atoms with van der Waals surface area (Å²) >= 11 is 0. The Morgan fingerprint density at radius 3 is 2.65 bits per heavy atom. The van der Waals surface area contributed by atoms with Crippen LogP contribution in [0, 0.1) is 0 Å². The van der Waals surface area contributed by atoms with E-state index >= 15 is 0 Å². The Labute approximate surface area is 137 Å². The fourth-order valence-corrected chi connectivity index (χ4v) is 2.57. The average molecular weight is 318 g/mol. The van der Waals surface area contributed by atoms with Gasteiger partial charge in [0.15, 0.2) is 0 Å². The molecule has 1 aliphatic heterocycles. The first-order valence-corrected chi connectivity index (χ1v) is 8.25. The van der Waals surface area contributed by atoms with Crippen LogP contribution in [0.15, 0.2) is 30.3 Å². The number of amides is 1. The van der Waals surface area contributed by atoms with Crippen LogP contribution in [0.2, 0.25) is 0 Å². The first-order valence-electron chi connectivity index (χ1n) is 8.25. The summed E-state index contributed by atoms with van der Waals surface area (Å²) in [4.78, 5) is 14.2. The van der Waals surface area contributed by atoms with Crippen molar-refractivity contribution < 1.29 is 14.6 Å². The molecule has 1 saturated heterocycles. The third kappa shape index (κ3) is 5.69. The number of carbonyl (C=O) groups is 1. The Morgan fingerprint density at radius 1 is 1.35 bits per heavy atom. The standard InChI is InChI=1S/C18H26N2O3/c1-2-16(9-12-21)19-18(22)8-5-15-3-6-17(7-4-15)20-10-13-23-14-11-20/h3-8,16,21H,2,9-14H2,1H3,(H,19,22)/b8-5+. The van der Waals surface area contributed by atoms with Crippen molar-refractivity contribution in [2.75, 3.05) is 37.8 Å². The SMILES string of the molecule is CCC(CCO)NC(=O)/C=C/c1ccc(N2CCOCC2)cc1. The van der Waals surface area contributed by atoms with E-state index in [1.807, 2.05) is 25.1 Å². The number of morpholine rings is 1. The molecule has 1 atom stereocenters. The topological polar surface area (TPSA) is 61.8 Å². The fraction of sp³-hybridized carbons (Fsp3) is 0.500. The summed E-state index contributed by atoms with van der Waals surface area (Å²) in [5.41, 5.74) is 2.18. The summed E-state index contributed by atoms with van der Waals surface area (Å²) in [6.45, 7) is 5.46. The molecule has 126 valence electrons. The molecule has 1 fully saturated rings. The Balaban J connectivity index is 1.88. The molecule has 2 rings (SSSR count). The maximum atomic E-state index is 11.9. The molecule has 0 saturated carbocycles. The van der Waals surface area contributed by atoms with E-state index in [4.69, 9.17) is 9.84 Å². The zero-order chi connectivity index (χ0) is 16.5. The number of aliphatic hydroxyl groups excluding tert-OH is 1. The van der Waals surface area contributed by atoms with E-state index in [2.05, 4.69) is 22.3 Å². The summed E-state index contributed by atoms with van der Waals surface area (Å²) in [7, 11) is 0. The van der Waals surface area contributed by atoms with Gasteiger partial charge in [-0.1, -0.05) is 19.1 Å². The van der Waals surface area contributed by atoms with Crippen LogP contribution in [-0.2, 0) is 9.53 Å². The van der Waals surface area contributed by atoms with Crippen LogP contribution in [0.5, 0.6) is 0 Å². The van der Waals surface area contributed by atoms with Crippen molar-refractivity contribution in [1.82, 2.24) is 5.32 Å². The highest BCUT2D eigenvalue weighted by molar-refractivity contribution is 5.91. The third-order valence-corrected chi connectivity index (χ3v) is 4.01. The van der Waals surface area contributed by atoms with Crippen LogP contribution < -0.4 is 10.2 Å². The molecule has 5 heteroatoms. The van der Waals surface area contributed by atoms with Crippen LogP contribution in [0.1, 0.15) is 25.3 Å². The summed E-state index contributed by atoms with van der Waals surface area (Å²) in [5, 5.41) is 11.8. The highest BCUT2D eigenvalue weighted by Gasteiger charge is 2.10. The van der Waals surface area contributed by atoms with Gasteiger partial charge < -0.3 is 20.1 Å². The lowest BCUT2D eigenvalue weighted by atomic mass is 10.1. The highest BCUT2D eigenvalue weighted by Crippen LogP contribution is 2.17. The minimum Gasteiger partial charge on any atom is -0.396 e. The molecule has 1 aromatic rings. The summed E-state index contributed by atoms with van der Waals surface area (Å²) in [6.07, 6.45) is 4.76. The molecule has 1 unspecified atom stereocenters. The highest BCUT2D eigenvalue weighted by atomic mass is 16.5. The van der Waals surface area contributed by atoms with E-state index in [9.17, 15) is 4.79 Å². The molecule has 0 aromatic heterocycles. The van der Waals surface area contributed by atoms with Crippen LogP contribution in [-0.4, -0.2) is 50.0 Å². The van der Waals surface area contributed by atoms with Crippen molar-refractivity contribution >= 4 is 17.7 Å². The van der Waals surface area contributed by atoms with E-state index in [-0.39, 0.29) is 18.6 Å². The minimum absolute atomic E-state index is 0.0286. The first-order chi connectivity index (χ1) is 11.2. The number of hydrogen-bond donors (Lipinski definition) is 2. The molecule has 5 nitrogen and oxygen atoms in total. The summed E-state index contributed by atoms with van der Waals surface area (Å²) in [5.74, 6) is -0.123. The van der Waals surface area contributed by atoms with Crippen LogP contribution in [0.3, 0.4) is 0 Å². The molecule has 1 aliphatic rings. The zero-order valence-corrected chi connectivity index (χ0v) is 13.7. The predicted octanol–water partition coefficient (Wildman–Crippen LogP) is 1.81. The second-order valence-electron chi connectivity index (χ2n) is 5.65. The van der Waals surface area contributed by atoms with Crippen molar-refractivity contribution in [1.29, 1.82) is 0 Å². The number of anilines is 1. The normalized spacial score (nSPS) is 16.5. The van der Waals surface area contributed by atoms with Gasteiger partial charge in [0, 0.05) is 37.5 Å². The number of benzene rings is 1. The maximum Gasteiger partial charge on any atom is 0.244 e. The van der Waals surface area contributed by atoms with Gasteiger partial charge in [0.2, 0.25) is 5.91 Å². The van der Waals surface area contributed by atoms with E-state index in [1.54, 1.807) is 6.08 Å². The molecule has 0 spiro atoms. The van der Waals surface area contributed by atoms with Gasteiger partial charge in [0.05, 0.1) is 13.2 Å². The predicted molar refractivity (Wildman–Crippen MR) is 92.4 cm³/mol. The van der Waals surface area contributed by atoms with Crippen molar-refractivity contribution in [3.8, 4) is 0 Å². The third-order valence-electron chi connectivity index (χ3n) is 4.01. The number of hydrogen-bond acceptors (Lipinski definition) is 4. The lowest BCUT2D eigenvalue weighted by molar-refractivity contribution is -0.117. The van der Waals surface area contributed by atoms with Gasteiger partial charge in [-0.25, -0.2) is 0 Å². The molecule has 0 aliphatic carbocycles. The first kappa shape index (κ1) is 17.5. The summed E-state index contributed by atoms with van der Waals surface area (Å²) < 4.78 is 5.36. The zero-order valence-electron chi connectivity index (χ0n) is 13.7. The number of nitrogens with zero attached hydrogens (tertiary/aromatic N) is 1. The molecule has 1 amide bonds. The van der Waals surface area contributed by atoms with Crippen LogP contribution >= 0.6 is 0 Å². The number of rotatable bonds is 7. The smallest absolute Gasteiger partial charge is 0.244 e. The van der Waals surface area contributed by atoms with Crippen LogP contribution in [0.4, 0.5) is 5.69 Å². The fourth-order valence-electron chi connectivity index (χ4n) is 2.57. The van der Waals surface area contributed by atoms with Crippen molar-refractivity contribution in [3.05, 3.63) is 35.9 Å². The lowest BCUT2D eigenvalue weighted by Crippen LogP contribution is -2.36. The van der Waals surface area contributed by atoms with E-state index < -0.39 is 0 Å². The molecule has 0 radical (unpaired) electrons. The molecular formula is C18H26N2O3. The number of carbonyl (C=O) groups excluding carboxylic acids is 1. The molecular weight excluding hydrogens is 292 g/mol. The lowest BCUT2D eigenvalue weighted by Gasteiger charge is -2.28. The van der Waals surface area contributed by atoms with E-state index in [0.29, 0.717) is 6.42 Å². The molecule has 1 heterocycles. The van der Waals surface area contributed by atoms with Gasteiger partial charge in [-0.15, -0.1) is 0 Å². The van der Waals surface area contributed by atoms with Gasteiger partial charge in [0.25, 0.3) is 0 Å². The minimum atomic E-state index is -0.123. The van der Waals surface area contributed by atoms with E-state index in [1.165, 1.54) is 5.69 Å². The monoisotopic (exact) mass is 318 g/mol. The van der Waals surface area contributed by atoms with Crippen molar-refractivity contribution in [2.45, 2.75) is 25.8 Å². The Morgan fingerprint density at radius 2 is 2.04 bits per heavy atom. The average Bonchev–Trinajstić information content (AvgIpc) is 2.61. The number of ether oxygens (including phenoxy) is 1. The molecule has 23 heavy (non-hydrogen) atoms. The molecule has 2 N–H and O–H groups in total. The molecule has 1 aromatic carbocycles. The Hall–Kier alpha value is -1.85. The Bertz CT molecular complexity index is 508. The largest absolute Gasteiger partial charge is 0.396 e. The van der Waals surface area contributed by atoms with Gasteiger partial charge >= 0.3 is 0 Å². The molecule has 0 bridgehead atoms. The number of aliphatic hydroxyl groups is 1. The van der Waals surface area contributed by atoms with Crippen molar-refractivity contribution in [2.24, 2.45) is 0 Å². The number of nitrogens with one attached hydrogen (secondary N) is 1. The Kier molecular flexibility index (Phi) is 7.10. The van der Waals surface area contributed by atoms with Gasteiger partial charge in [-0.3, -0.25) is 4.79 Å². The quantitative estimate of drug-likeness (QED) is 0.753. The van der Waals surface area contributed by atoms with E-state index in [0.717, 1.165) is 38.3 Å².